The number of methoxy groups -OCH3 is 1. The highest BCUT2D eigenvalue weighted by atomic mass is 32.1. The summed E-state index contributed by atoms with van der Waals surface area (Å²) in [5.74, 6) is 0.855. The molecule has 0 spiro atoms. The third-order valence-electron chi connectivity index (χ3n) is 5.53. The van der Waals surface area contributed by atoms with Crippen molar-refractivity contribution in [3.05, 3.63) is 70.0 Å². The fourth-order valence-corrected chi connectivity index (χ4v) is 4.92. The Balaban J connectivity index is 1.50. The predicted molar refractivity (Wildman–Crippen MR) is 128 cm³/mol. The quantitative estimate of drug-likeness (QED) is 0.393. The van der Waals surface area contributed by atoms with Crippen molar-refractivity contribution >= 4 is 32.5 Å². The standard InChI is InChI=1S/C24H28N4O2S/c1-5-10-27-21-12-17(3)31-23(21)20-15-26-28(24(29)22(20)27)11-9-16(2)25-14-18-7-6-8-19(13-18)30-4/h5-8,12-13,15-16,25H,1,9-11,14H2,2-4H3. The van der Waals surface area contributed by atoms with Gasteiger partial charge in [-0.25, -0.2) is 4.68 Å². The number of rotatable bonds is 9. The van der Waals surface area contributed by atoms with Crippen molar-refractivity contribution in [2.24, 2.45) is 0 Å². The van der Waals surface area contributed by atoms with Crippen molar-refractivity contribution in [2.45, 2.75) is 45.9 Å². The minimum Gasteiger partial charge on any atom is -0.497 e. The maximum absolute atomic E-state index is 13.3. The molecule has 3 aromatic heterocycles. The second-order valence-electron chi connectivity index (χ2n) is 7.83. The van der Waals surface area contributed by atoms with Gasteiger partial charge >= 0.3 is 0 Å². The Hall–Kier alpha value is -2.90. The van der Waals surface area contributed by atoms with E-state index in [-0.39, 0.29) is 11.6 Å². The van der Waals surface area contributed by atoms with Crippen molar-refractivity contribution in [1.29, 1.82) is 0 Å². The average molecular weight is 437 g/mol. The van der Waals surface area contributed by atoms with Crippen molar-refractivity contribution in [3.8, 4) is 5.75 Å². The zero-order valence-corrected chi connectivity index (χ0v) is 19.0. The van der Waals surface area contributed by atoms with Gasteiger partial charge in [0.2, 0.25) is 0 Å². The van der Waals surface area contributed by atoms with Gasteiger partial charge < -0.3 is 14.6 Å². The summed E-state index contributed by atoms with van der Waals surface area (Å²) in [5.41, 5.74) is 2.93. The number of aryl methyl sites for hydroxylation is 2. The Morgan fingerprint density at radius 3 is 2.97 bits per heavy atom. The molecule has 3 heterocycles. The maximum Gasteiger partial charge on any atom is 0.291 e. The second kappa shape index (κ2) is 9.08. The number of benzene rings is 1. The minimum absolute atomic E-state index is 0.0413. The summed E-state index contributed by atoms with van der Waals surface area (Å²) in [6.45, 7) is 10.00. The lowest BCUT2D eigenvalue weighted by atomic mass is 10.2. The molecule has 6 nitrogen and oxygen atoms in total. The molecule has 7 heteroatoms. The Morgan fingerprint density at radius 1 is 1.35 bits per heavy atom. The van der Waals surface area contributed by atoms with Crippen LogP contribution in [0.5, 0.6) is 5.75 Å². The van der Waals surface area contributed by atoms with E-state index in [1.165, 1.54) is 10.4 Å². The van der Waals surface area contributed by atoms with Gasteiger partial charge in [0.05, 0.1) is 23.5 Å². The Morgan fingerprint density at radius 2 is 2.19 bits per heavy atom. The van der Waals surface area contributed by atoms with E-state index in [0.717, 1.165) is 34.3 Å². The van der Waals surface area contributed by atoms with E-state index >= 15 is 0 Å². The summed E-state index contributed by atoms with van der Waals surface area (Å²) in [5, 5.41) is 8.93. The molecule has 4 rings (SSSR count). The summed E-state index contributed by atoms with van der Waals surface area (Å²) in [6, 6.07) is 10.4. The molecular weight excluding hydrogens is 408 g/mol. The van der Waals surface area contributed by atoms with Gasteiger partial charge in [-0.3, -0.25) is 4.79 Å². The van der Waals surface area contributed by atoms with Gasteiger partial charge in [0, 0.05) is 35.9 Å². The molecule has 0 bridgehead atoms. The smallest absolute Gasteiger partial charge is 0.291 e. The monoisotopic (exact) mass is 436 g/mol. The van der Waals surface area contributed by atoms with E-state index in [9.17, 15) is 4.79 Å². The van der Waals surface area contributed by atoms with E-state index in [4.69, 9.17) is 4.74 Å². The van der Waals surface area contributed by atoms with Crippen molar-refractivity contribution in [2.75, 3.05) is 7.11 Å². The van der Waals surface area contributed by atoms with Crippen LogP contribution < -0.4 is 15.6 Å². The molecule has 1 N–H and O–H groups in total. The third-order valence-corrected chi connectivity index (χ3v) is 6.61. The Bertz CT molecular complexity index is 1280. The van der Waals surface area contributed by atoms with Crippen molar-refractivity contribution < 1.29 is 4.74 Å². The summed E-state index contributed by atoms with van der Waals surface area (Å²) < 4.78 is 10.1. The van der Waals surface area contributed by atoms with E-state index in [0.29, 0.717) is 18.6 Å². The first kappa shape index (κ1) is 21.3. The molecule has 0 radical (unpaired) electrons. The summed E-state index contributed by atoms with van der Waals surface area (Å²) in [6.07, 6.45) is 4.47. The van der Waals surface area contributed by atoms with Crippen LogP contribution in [0.4, 0.5) is 0 Å². The van der Waals surface area contributed by atoms with E-state index < -0.39 is 0 Å². The first-order valence-corrected chi connectivity index (χ1v) is 11.3. The van der Waals surface area contributed by atoms with Crippen LogP contribution in [0.3, 0.4) is 0 Å². The topological polar surface area (TPSA) is 61.1 Å². The van der Waals surface area contributed by atoms with Crippen LogP contribution in [0, 0.1) is 6.92 Å². The summed E-state index contributed by atoms with van der Waals surface area (Å²) >= 11 is 1.71. The van der Waals surface area contributed by atoms with Gasteiger partial charge in [-0.2, -0.15) is 5.10 Å². The number of thiophene rings is 1. The number of nitrogens with one attached hydrogen (secondary N) is 1. The van der Waals surface area contributed by atoms with Gasteiger partial charge in [-0.1, -0.05) is 18.2 Å². The zero-order chi connectivity index (χ0) is 22.0. The maximum atomic E-state index is 13.3. The van der Waals surface area contributed by atoms with Crippen LogP contribution in [0.25, 0.3) is 21.1 Å². The fourth-order valence-electron chi connectivity index (χ4n) is 3.89. The largest absolute Gasteiger partial charge is 0.497 e. The Kier molecular flexibility index (Phi) is 6.25. The number of aromatic nitrogens is 3. The summed E-state index contributed by atoms with van der Waals surface area (Å²) in [7, 11) is 1.67. The highest BCUT2D eigenvalue weighted by Gasteiger charge is 2.17. The van der Waals surface area contributed by atoms with Crippen LogP contribution in [-0.4, -0.2) is 27.5 Å². The number of ether oxygens (including phenoxy) is 1. The second-order valence-corrected chi connectivity index (χ2v) is 9.08. The average Bonchev–Trinajstić information content (AvgIpc) is 3.28. The number of fused-ring (bicyclic) bond motifs is 3. The first-order valence-electron chi connectivity index (χ1n) is 10.5. The predicted octanol–water partition coefficient (Wildman–Crippen LogP) is 4.48. The van der Waals surface area contributed by atoms with Crippen LogP contribution in [0.1, 0.15) is 23.8 Å². The third kappa shape index (κ3) is 4.29. The number of hydrogen-bond acceptors (Lipinski definition) is 5. The van der Waals surface area contributed by atoms with Crippen LogP contribution in [0.2, 0.25) is 0 Å². The molecule has 0 saturated carbocycles. The number of hydrogen-bond donors (Lipinski definition) is 1. The Labute approximate surface area is 185 Å². The van der Waals surface area contributed by atoms with Gasteiger partial charge in [-0.15, -0.1) is 17.9 Å². The molecule has 1 unspecified atom stereocenters. The first-order chi connectivity index (χ1) is 15.0. The van der Waals surface area contributed by atoms with Gasteiger partial charge in [0.25, 0.3) is 5.56 Å². The lowest BCUT2D eigenvalue weighted by Crippen LogP contribution is -2.30. The molecule has 0 saturated heterocycles. The molecule has 4 aromatic rings. The molecule has 0 fully saturated rings. The van der Waals surface area contributed by atoms with Crippen molar-refractivity contribution in [3.63, 3.8) is 0 Å². The minimum atomic E-state index is -0.0413. The van der Waals surface area contributed by atoms with Crippen LogP contribution >= 0.6 is 11.3 Å². The molecule has 162 valence electrons. The molecule has 1 atom stereocenters. The molecule has 0 amide bonds. The van der Waals surface area contributed by atoms with Gasteiger partial charge in [-0.05, 0) is 44.0 Å². The number of nitrogens with zero attached hydrogens (tertiary/aromatic N) is 3. The lowest BCUT2D eigenvalue weighted by Gasteiger charge is -2.15. The van der Waals surface area contributed by atoms with E-state index in [1.54, 1.807) is 23.1 Å². The van der Waals surface area contributed by atoms with E-state index in [2.05, 4.69) is 47.5 Å². The van der Waals surface area contributed by atoms with Gasteiger partial charge in [0.1, 0.15) is 11.3 Å². The normalized spacial score (nSPS) is 12.5. The highest BCUT2D eigenvalue weighted by Crippen LogP contribution is 2.33. The fraction of sp³-hybridized carbons (Fsp3) is 0.333. The summed E-state index contributed by atoms with van der Waals surface area (Å²) in [4.78, 5) is 14.5. The number of allylic oxidation sites excluding steroid dienone is 1. The molecule has 0 aliphatic rings. The molecule has 0 aliphatic carbocycles. The van der Waals surface area contributed by atoms with E-state index in [1.807, 2.05) is 30.5 Å². The molecular formula is C24H28N4O2S. The molecule has 1 aromatic carbocycles. The van der Waals surface area contributed by atoms with Crippen molar-refractivity contribution in [1.82, 2.24) is 19.7 Å². The highest BCUT2D eigenvalue weighted by molar-refractivity contribution is 7.20. The molecule has 31 heavy (non-hydrogen) atoms. The zero-order valence-electron chi connectivity index (χ0n) is 18.2. The SMILES string of the molecule is C=CCn1c2cc(C)sc2c2cnn(CCC(C)NCc3cccc(OC)c3)c(=O)c21. The lowest BCUT2D eigenvalue weighted by molar-refractivity contribution is 0.413. The molecule has 0 aliphatic heterocycles. The van der Waals surface area contributed by atoms with Crippen LogP contribution in [-0.2, 0) is 19.6 Å². The van der Waals surface area contributed by atoms with Gasteiger partial charge in [0.15, 0.2) is 0 Å². The van der Waals surface area contributed by atoms with Crippen LogP contribution in [0.15, 0.2) is 54.0 Å².